The van der Waals surface area contributed by atoms with Crippen molar-refractivity contribution in [3.63, 3.8) is 0 Å². The third kappa shape index (κ3) is 30.2. The van der Waals surface area contributed by atoms with Crippen LogP contribution in [0, 0.1) is 7.43 Å². The van der Waals surface area contributed by atoms with Crippen molar-refractivity contribution >= 4 is 162 Å². The van der Waals surface area contributed by atoms with Crippen molar-refractivity contribution in [3.05, 3.63) is 280 Å². The molecule has 0 aliphatic carbocycles. The largest absolute Gasteiger partial charge is 1.00 e. The smallest absolute Gasteiger partial charge is 1.00 e. The molecule has 4 atom stereocenters. The second-order valence-electron chi connectivity index (χ2n) is 20.4. The number of hydrogen-bond acceptors (Lipinski definition) is 13. The molecule has 0 bridgehead atoms. The fraction of sp³-hybridized carbons (Fsp3) is 0.206. The number of carbonyl (C=O) groups is 3. The second kappa shape index (κ2) is 49.9. The number of amides is 1. The van der Waals surface area contributed by atoms with Gasteiger partial charge in [0.1, 0.15) is 5.60 Å². The van der Waals surface area contributed by atoms with Gasteiger partial charge < -0.3 is 93.6 Å². The van der Waals surface area contributed by atoms with Crippen LogP contribution in [0.4, 0.5) is 11.4 Å². The number of epoxide rings is 1. The predicted octanol–water partition coefficient (Wildman–Crippen LogP) is -1.99. The Hall–Kier alpha value is -1.82. The molecule has 8 aromatic rings. The summed E-state index contributed by atoms with van der Waals surface area (Å²) in [5.74, 6) is -0.585. The maximum atomic E-state index is 13.5. The van der Waals surface area contributed by atoms with E-state index < -0.39 is 29.0 Å². The van der Waals surface area contributed by atoms with Crippen LogP contribution in [-0.2, 0) is 30.4 Å². The van der Waals surface area contributed by atoms with Crippen LogP contribution in [0.2, 0.25) is 50.2 Å². The Morgan fingerprint density at radius 1 is 0.616 bits per heavy atom. The van der Waals surface area contributed by atoms with E-state index in [9.17, 15) is 19.8 Å². The molecule has 11 rings (SSSR count). The van der Waals surface area contributed by atoms with E-state index in [0.717, 1.165) is 52.7 Å². The van der Waals surface area contributed by atoms with Gasteiger partial charge in [-0.05, 0) is 166 Å². The molecule has 3 fully saturated rings. The first kappa shape index (κ1) is 99.2. The molecular formula is C68H64BrCl12Li3N4NaO10-. The summed E-state index contributed by atoms with van der Waals surface area (Å²) in [5.41, 5.74) is 4.80. The van der Waals surface area contributed by atoms with Crippen LogP contribution in [0.25, 0.3) is 5.57 Å². The molecule has 31 heteroatoms. The zero-order valence-corrected chi connectivity index (χ0v) is 67.0. The summed E-state index contributed by atoms with van der Waals surface area (Å²) in [4.78, 5) is 41.2. The molecule has 512 valence electrons. The van der Waals surface area contributed by atoms with E-state index >= 15 is 0 Å². The number of anilines is 2. The van der Waals surface area contributed by atoms with Gasteiger partial charge in [-0.2, -0.15) is 0 Å². The minimum Gasteiger partial charge on any atom is -1.00 e. The van der Waals surface area contributed by atoms with Crippen LogP contribution >= 0.6 is 128 Å². The van der Waals surface area contributed by atoms with E-state index in [2.05, 4.69) is 38.7 Å². The quantitative estimate of drug-likeness (QED) is 0.0162. The molecule has 99 heavy (non-hydrogen) atoms. The summed E-state index contributed by atoms with van der Waals surface area (Å²) >= 11 is 65.1. The van der Waals surface area contributed by atoms with Gasteiger partial charge >= 0.3 is 86.1 Å². The van der Waals surface area contributed by atoms with Gasteiger partial charge in [0.05, 0.1) is 59.9 Å². The summed E-state index contributed by atoms with van der Waals surface area (Å²) < 4.78 is 5.18. The molecular weight excluding hydrogens is 1580 g/mol. The fourth-order valence-corrected chi connectivity index (χ4v) is 11.4. The summed E-state index contributed by atoms with van der Waals surface area (Å²) in [6, 6.07) is 53.5. The Labute approximate surface area is 709 Å². The Balaban J connectivity index is -0.00000123. The Morgan fingerprint density at radius 3 is 1.36 bits per heavy atom. The number of nitrogens with one attached hydrogen (secondary N) is 1. The molecule has 14 nitrogen and oxygen atoms in total. The molecule has 8 aromatic carbocycles. The summed E-state index contributed by atoms with van der Waals surface area (Å²) in [6.07, 6.45) is 0. The van der Waals surface area contributed by atoms with Crippen molar-refractivity contribution in [2.75, 3.05) is 75.5 Å². The first-order valence-electron chi connectivity index (χ1n) is 27.8. The molecule has 3 heterocycles. The molecule has 5 N–H and O–H groups in total. The van der Waals surface area contributed by atoms with Crippen molar-refractivity contribution < 1.29 is 167 Å². The van der Waals surface area contributed by atoms with Gasteiger partial charge in [-0.3, -0.25) is 14.4 Å². The van der Waals surface area contributed by atoms with E-state index in [4.69, 9.17) is 153 Å². The monoisotopic (exact) mass is 1640 g/mol. The summed E-state index contributed by atoms with van der Waals surface area (Å²) in [5, 5.41) is 56.6. The molecule has 0 aromatic heterocycles. The van der Waals surface area contributed by atoms with Crippen LogP contribution in [0.15, 0.2) is 189 Å². The second-order valence-corrected chi connectivity index (χ2v) is 25.0. The van der Waals surface area contributed by atoms with Gasteiger partial charge in [-0.25, -0.2) is 0 Å². The zero-order valence-electron chi connectivity index (χ0n) is 55.3. The summed E-state index contributed by atoms with van der Waals surface area (Å²) in [7, 11) is 0. The van der Waals surface area contributed by atoms with Crippen LogP contribution in [-0.4, -0.2) is 109 Å². The van der Waals surface area contributed by atoms with Crippen LogP contribution in [0.5, 0.6) is 0 Å². The van der Waals surface area contributed by atoms with Crippen molar-refractivity contribution in [2.45, 2.75) is 23.3 Å². The Bertz CT molecular complexity index is 3720. The molecule has 0 saturated carbocycles. The number of piperazine rings is 2. The zero-order chi connectivity index (χ0) is 67.1. The van der Waals surface area contributed by atoms with E-state index in [0.29, 0.717) is 76.0 Å². The third-order valence-corrected chi connectivity index (χ3v) is 17.2. The van der Waals surface area contributed by atoms with E-state index in [1.54, 1.807) is 95.9 Å². The van der Waals surface area contributed by atoms with Crippen LogP contribution in [0.3, 0.4) is 0 Å². The Kier molecular flexibility index (Phi) is 50.0. The molecule has 1 amide bonds. The molecule has 4 unspecified atom stereocenters. The molecule has 3 aliphatic rings. The molecule has 0 radical (unpaired) electrons. The SMILES string of the molecule is C=C(CO)c1ccc(Cl)cc1.Clc1ccc(C2CNCCN2c2ccc(Cl)cc2Cl)cc1.O=C(Cl)c1ccc(Cl)cc1.O=C(N1CCN(c2ccc(Cl)cc2Cl)C(c2ccc(Cl)cc2)C1)C(O)(CO)c1ccc(Cl)cc1.O=CO[O-].OCC1(c2ccc(Cl)cc2)CO1.[Br-].[CH3-].[Cl-].[H-].[Li+].[Li+].[Li+].[Na+]. The number of rotatable bonds is 13. The van der Waals surface area contributed by atoms with E-state index in [1.807, 2.05) is 66.7 Å². The van der Waals surface area contributed by atoms with Crippen LogP contribution < -0.4 is 136 Å². The number of benzene rings is 8. The Morgan fingerprint density at radius 2 is 0.990 bits per heavy atom. The van der Waals surface area contributed by atoms with Gasteiger partial charge in [0.15, 0.2) is 5.60 Å². The summed E-state index contributed by atoms with van der Waals surface area (Å²) in [6.45, 7) is 7.09. The molecule has 0 spiro atoms. The minimum atomic E-state index is -2.09. The maximum Gasteiger partial charge on any atom is 1.00 e. The third-order valence-electron chi connectivity index (χ3n) is 14.4. The van der Waals surface area contributed by atoms with Crippen molar-refractivity contribution in [2.24, 2.45) is 0 Å². The predicted molar refractivity (Wildman–Crippen MR) is 378 cm³/mol. The minimum absolute atomic E-state index is 0. The van der Waals surface area contributed by atoms with Gasteiger partial charge in [-0.1, -0.05) is 183 Å². The van der Waals surface area contributed by atoms with Crippen molar-refractivity contribution in [1.82, 2.24) is 10.2 Å². The number of nitrogens with zero attached hydrogens (tertiary/aromatic N) is 3. The fourth-order valence-electron chi connectivity index (χ4n) is 9.45. The number of aliphatic hydroxyl groups is 4. The average molecular weight is 1650 g/mol. The van der Waals surface area contributed by atoms with Gasteiger partial charge in [0.25, 0.3) is 17.6 Å². The number of hydrogen-bond donors (Lipinski definition) is 5. The normalized spacial score (nSPS) is 15.7. The molecule has 3 aliphatic heterocycles. The first-order valence-corrected chi connectivity index (χ1v) is 31.9. The number of carbonyl (C=O) groups excluding carboxylic acids is 3. The number of halogens is 13. The number of aliphatic hydroxyl groups excluding tert-OH is 3. The maximum absolute atomic E-state index is 13.5. The van der Waals surface area contributed by atoms with Crippen molar-refractivity contribution in [1.29, 1.82) is 0 Å². The van der Waals surface area contributed by atoms with Crippen molar-refractivity contribution in [3.8, 4) is 0 Å². The van der Waals surface area contributed by atoms with Gasteiger partial charge in [0.2, 0.25) is 0 Å². The van der Waals surface area contributed by atoms with Gasteiger partial charge in [-0.15, -0.1) is 0 Å². The average Bonchev–Trinajstić information content (AvgIpc) is 1.30. The topological polar surface area (TPSA) is 199 Å². The number of ether oxygens (including phenoxy) is 1. The van der Waals surface area contributed by atoms with Gasteiger partial charge in [0, 0.05) is 85.0 Å². The standard InChI is InChI=1S/C25H22Cl4N2O3.C16H15Cl3N2.C9H9ClO2.C9H9ClO.C7H4Cl2O.CH2O3.CH3.BrH.ClH.3Li.Na.H/c26-18-5-1-16(2-6-18)23-14-30(11-12-31(23)22-10-9-20(28)13-21(22)29)24(33)25(34,15-32)17-3-7-19(27)8-4-17;17-12-3-1-11(2-4-12)16-10-20-7-8-21(16)15-6-5-13(18)9-14(15)19;10-8-3-1-7(2-4-8)9(5-11)6-12-9;1-7(6-11)8-2-4-9(10)5-3-8;8-6-3-1-5(2-4-6)7(9)10;2-1-4-3;;;;;;;;/h1-10,13,23,32,34H,11-12,14-15H2;1-6,9,16,20H,7-8,10H2;1-4,11H,5-6H2;2-5,11H,1,6H2;1-4H;1,3H;1H3;2*1H;;;;;/q;;;;;;-1;;;4*+1;-1/p-3. The first-order chi connectivity index (χ1) is 44.0. The molecule has 3 saturated heterocycles. The van der Waals surface area contributed by atoms with E-state index in [1.165, 1.54) is 17.7 Å². The van der Waals surface area contributed by atoms with Crippen LogP contribution in [0.1, 0.15) is 51.7 Å². The van der Waals surface area contributed by atoms with E-state index in [-0.39, 0.29) is 168 Å².